The van der Waals surface area contributed by atoms with E-state index in [-0.39, 0.29) is 40.9 Å². The van der Waals surface area contributed by atoms with Crippen molar-refractivity contribution >= 4 is 17.5 Å². The van der Waals surface area contributed by atoms with E-state index in [1.807, 2.05) is 0 Å². The van der Waals surface area contributed by atoms with Gasteiger partial charge < -0.3 is 20.9 Å². The minimum Gasteiger partial charge on any atom is -0.507 e. The third-order valence-corrected chi connectivity index (χ3v) is 6.20. The maximum atomic E-state index is 15.3. The van der Waals surface area contributed by atoms with Gasteiger partial charge in [0.1, 0.15) is 28.7 Å². The summed E-state index contributed by atoms with van der Waals surface area (Å²) in [5.41, 5.74) is 6.52. The third-order valence-electron chi connectivity index (χ3n) is 6.20. The van der Waals surface area contributed by atoms with E-state index in [4.69, 9.17) is 10.5 Å². The molecule has 2 aromatic heterocycles. The Morgan fingerprint density at radius 2 is 1.71 bits per heavy atom. The van der Waals surface area contributed by atoms with Crippen LogP contribution in [0.2, 0.25) is 0 Å². The Morgan fingerprint density at radius 1 is 0.976 bits per heavy atom. The lowest BCUT2D eigenvalue weighted by Crippen LogP contribution is -2.29. The summed E-state index contributed by atoms with van der Waals surface area (Å²) in [4.78, 5) is 34.4. The first-order chi connectivity index (χ1) is 19.7. The van der Waals surface area contributed by atoms with E-state index in [1.165, 1.54) is 71.7 Å². The number of aromatic nitrogens is 3. The van der Waals surface area contributed by atoms with Gasteiger partial charge in [-0.25, -0.2) is 18.7 Å². The van der Waals surface area contributed by atoms with Gasteiger partial charge in [0, 0.05) is 46.7 Å². The first kappa shape index (κ1) is 27.0. The van der Waals surface area contributed by atoms with Crippen molar-refractivity contribution in [2.24, 2.45) is 0 Å². The fourth-order valence-corrected chi connectivity index (χ4v) is 4.24. The standard InChI is InChI=1S/C30H23F2N5O4/c1-2-41-26-11-12-37(21-7-4-19(31)5-8-21)29(40)27(26)28(39)36-20-6-9-22(24(32)14-20)17-3-10-25(38)23(13-17)18-15-34-30(33)35-16-18/h3-16,38H,2H2,1H3,(H,36,39)(H2,33,34,35). The first-order valence-corrected chi connectivity index (χ1v) is 12.4. The number of benzene rings is 3. The van der Waals surface area contributed by atoms with Crippen LogP contribution in [-0.4, -0.2) is 32.2 Å². The molecule has 0 aliphatic heterocycles. The number of phenols is 1. The van der Waals surface area contributed by atoms with Crippen molar-refractivity contribution in [3.63, 3.8) is 0 Å². The Labute approximate surface area is 232 Å². The molecular formula is C30H23F2N5O4. The van der Waals surface area contributed by atoms with Crippen molar-refractivity contribution in [1.82, 2.24) is 14.5 Å². The third kappa shape index (κ3) is 5.59. The molecule has 206 valence electrons. The van der Waals surface area contributed by atoms with Gasteiger partial charge in [-0.3, -0.25) is 14.2 Å². The molecule has 0 saturated heterocycles. The first-order valence-electron chi connectivity index (χ1n) is 12.4. The average molecular weight is 556 g/mol. The van der Waals surface area contributed by atoms with Crippen molar-refractivity contribution in [1.29, 1.82) is 0 Å². The highest BCUT2D eigenvalue weighted by atomic mass is 19.1. The number of hydrogen-bond donors (Lipinski definition) is 3. The van der Waals surface area contributed by atoms with Crippen LogP contribution in [0.1, 0.15) is 17.3 Å². The molecule has 11 heteroatoms. The van der Waals surface area contributed by atoms with Gasteiger partial charge in [-0.2, -0.15) is 0 Å². The predicted octanol–water partition coefficient (Wildman–Crippen LogP) is 5.18. The fourth-order valence-electron chi connectivity index (χ4n) is 4.24. The van der Waals surface area contributed by atoms with Crippen LogP contribution in [0.3, 0.4) is 0 Å². The van der Waals surface area contributed by atoms with Crippen LogP contribution in [0.25, 0.3) is 27.9 Å². The molecule has 0 bridgehead atoms. The van der Waals surface area contributed by atoms with Crippen LogP contribution >= 0.6 is 0 Å². The van der Waals surface area contributed by atoms with Crippen LogP contribution in [0.15, 0.2) is 90.1 Å². The molecule has 5 rings (SSSR count). The molecular weight excluding hydrogens is 532 g/mol. The number of rotatable bonds is 7. The van der Waals surface area contributed by atoms with Gasteiger partial charge in [0.25, 0.3) is 11.5 Å². The second kappa shape index (κ2) is 11.3. The number of pyridine rings is 1. The summed E-state index contributed by atoms with van der Waals surface area (Å²) in [6.07, 6.45) is 4.31. The zero-order valence-electron chi connectivity index (χ0n) is 21.6. The monoisotopic (exact) mass is 555 g/mol. The van der Waals surface area contributed by atoms with Crippen molar-refractivity contribution in [3.05, 3.63) is 113 Å². The molecule has 9 nitrogen and oxygen atoms in total. The lowest BCUT2D eigenvalue weighted by molar-refractivity contribution is 0.102. The Hall–Kier alpha value is -5.58. The summed E-state index contributed by atoms with van der Waals surface area (Å²) in [5, 5.41) is 12.9. The molecule has 5 aromatic rings. The number of anilines is 2. The molecule has 0 aliphatic carbocycles. The minimum absolute atomic E-state index is 0.0497. The van der Waals surface area contributed by atoms with E-state index in [9.17, 15) is 19.1 Å². The quantitative estimate of drug-likeness (QED) is 0.252. The zero-order chi connectivity index (χ0) is 29.1. The second-order valence-corrected chi connectivity index (χ2v) is 8.85. The molecule has 0 spiro atoms. The summed E-state index contributed by atoms with van der Waals surface area (Å²) < 4.78 is 35.4. The number of aromatic hydroxyl groups is 1. The topological polar surface area (TPSA) is 132 Å². The lowest BCUT2D eigenvalue weighted by atomic mass is 9.99. The summed E-state index contributed by atoms with van der Waals surface area (Å²) in [5.74, 6) is -1.86. The minimum atomic E-state index is -0.808. The van der Waals surface area contributed by atoms with Crippen molar-refractivity contribution in [2.45, 2.75) is 6.92 Å². The molecule has 0 fully saturated rings. The summed E-state index contributed by atoms with van der Waals surface area (Å²) in [6, 6.07) is 15.3. The van der Waals surface area contributed by atoms with E-state index in [0.717, 1.165) is 6.07 Å². The highest BCUT2D eigenvalue weighted by molar-refractivity contribution is 6.06. The molecule has 41 heavy (non-hydrogen) atoms. The predicted molar refractivity (Wildman–Crippen MR) is 150 cm³/mol. The van der Waals surface area contributed by atoms with Gasteiger partial charge in [-0.05, 0) is 73.2 Å². The number of carbonyl (C=O) groups is 1. The van der Waals surface area contributed by atoms with Gasteiger partial charge in [0.2, 0.25) is 5.95 Å². The maximum absolute atomic E-state index is 15.3. The number of amides is 1. The number of ether oxygens (including phenoxy) is 1. The SMILES string of the molecule is CCOc1ccn(-c2ccc(F)cc2)c(=O)c1C(=O)Nc1ccc(-c2ccc(O)c(-c3cnc(N)nc3)c2)c(F)c1. The maximum Gasteiger partial charge on any atom is 0.271 e. The van der Waals surface area contributed by atoms with Crippen molar-refractivity contribution < 1.29 is 23.4 Å². The average Bonchev–Trinajstić information content (AvgIpc) is 2.95. The Morgan fingerprint density at radius 3 is 2.39 bits per heavy atom. The summed E-state index contributed by atoms with van der Waals surface area (Å²) in [6.45, 7) is 1.90. The number of nitrogens with two attached hydrogens (primary N) is 1. The smallest absolute Gasteiger partial charge is 0.271 e. The molecule has 0 unspecified atom stereocenters. The van der Waals surface area contributed by atoms with Gasteiger partial charge >= 0.3 is 0 Å². The van der Waals surface area contributed by atoms with Gasteiger partial charge in [-0.15, -0.1) is 0 Å². The zero-order valence-corrected chi connectivity index (χ0v) is 21.6. The van der Waals surface area contributed by atoms with Gasteiger partial charge in [0.15, 0.2) is 0 Å². The van der Waals surface area contributed by atoms with Crippen LogP contribution in [0.5, 0.6) is 11.5 Å². The molecule has 0 saturated carbocycles. The second-order valence-electron chi connectivity index (χ2n) is 8.85. The van der Waals surface area contributed by atoms with E-state index < -0.39 is 23.1 Å². The Kier molecular flexibility index (Phi) is 7.42. The highest BCUT2D eigenvalue weighted by Gasteiger charge is 2.21. The normalized spacial score (nSPS) is 10.8. The number of halogens is 2. The summed E-state index contributed by atoms with van der Waals surface area (Å²) in [7, 11) is 0. The number of carbonyl (C=O) groups excluding carboxylic acids is 1. The molecule has 3 aromatic carbocycles. The summed E-state index contributed by atoms with van der Waals surface area (Å²) >= 11 is 0. The largest absolute Gasteiger partial charge is 0.507 e. The van der Waals surface area contributed by atoms with Gasteiger partial charge in [0.05, 0.1) is 6.61 Å². The van der Waals surface area contributed by atoms with Crippen molar-refractivity contribution in [3.8, 4) is 39.4 Å². The molecule has 1 amide bonds. The number of nitrogen functional groups attached to an aromatic ring is 1. The number of hydrogen-bond acceptors (Lipinski definition) is 7. The molecule has 4 N–H and O–H groups in total. The van der Waals surface area contributed by atoms with E-state index in [0.29, 0.717) is 22.4 Å². The Balaban J connectivity index is 1.45. The molecule has 2 heterocycles. The van der Waals surface area contributed by atoms with Crippen LogP contribution < -0.4 is 21.3 Å². The molecule has 0 radical (unpaired) electrons. The van der Waals surface area contributed by atoms with E-state index >= 15 is 4.39 Å². The number of phenolic OH excluding ortho intramolecular Hbond substituents is 1. The molecule has 0 atom stereocenters. The van der Waals surface area contributed by atoms with Crippen molar-refractivity contribution in [2.75, 3.05) is 17.7 Å². The fraction of sp³-hybridized carbons (Fsp3) is 0.0667. The van der Waals surface area contributed by atoms with E-state index in [1.54, 1.807) is 19.1 Å². The number of nitrogens with one attached hydrogen (secondary N) is 1. The molecule has 0 aliphatic rings. The Bertz CT molecular complexity index is 1810. The number of nitrogens with zero attached hydrogens (tertiary/aromatic N) is 3. The van der Waals surface area contributed by atoms with Gasteiger partial charge in [-0.1, -0.05) is 6.07 Å². The van der Waals surface area contributed by atoms with Crippen LogP contribution in [0, 0.1) is 11.6 Å². The highest BCUT2D eigenvalue weighted by Crippen LogP contribution is 2.34. The van der Waals surface area contributed by atoms with E-state index in [2.05, 4.69) is 15.3 Å². The lowest BCUT2D eigenvalue weighted by Gasteiger charge is -2.14. The van der Waals surface area contributed by atoms with Crippen LogP contribution in [0.4, 0.5) is 20.4 Å². The van der Waals surface area contributed by atoms with Crippen LogP contribution in [-0.2, 0) is 0 Å².